The standard InChI is InChI=1S/C21H36N4O2.HI/c1-8-22-20(24-15-18(27-7)21(2,3)4)23-13-12-16-10-9-11-17(14-16)19(26)25(5)6;/h9-11,14,18H,8,12-13,15H2,1-7H3,(H2,22,23,24);1H. The van der Waals surface area contributed by atoms with Crippen LogP contribution in [0, 0.1) is 5.41 Å². The molecule has 160 valence electrons. The van der Waals surface area contributed by atoms with Gasteiger partial charge in [0.2, 0.25) is 0 Å². The first-order valence-electron chi connectivity index (χ1n) is 9.54. The molecular weight excluding hydrogens is 467 g/mol. The molecule has 7 heteroatoms. The Balaban J connectivity index is 0.00000729. The van der Waals surface area contributed by atoms with Crippen LogP contribution in [0.15, 0.2) is 29.3 Å². The third-order valence-electron chi connectivity index (χ3n) is 4.30. The normalized spacial score (nSPS) is 12.8. The van der Waals surface area contributed by atoms with Gasteiger partial charge >= 0.3 is 0 Å². The van der Waals surface area contributed by atoms with Gasteiger partial charge in [-0.1, -0.05) is 32.9 Å². The quantitative estimate of drug-likeness (QED) is 0.325. The highest BCUT2D eigenvalue weighted by atomic mass is 127. The highest BCUT2D eigenvalue weighted by molar-refractivity contribution is 14.0. The summed E-state index contributed by atoms with van der Waals surface area (Å²) >= 11 is 0. The first-order valence-corrected chi connectivity index (χ1v) is 9.54. The molecule has 0 saturated carbocycles. The summed E-state index contributed by atoms with van der Waals surface area (Å²) in [6, 6.07) is 7.77. The zero-order chi connectivity index (χ0) is 20.4. The third kappa shape index (κ3) is 9.23. The number of hydrogen-bond acceptors (Lipinski definition) is 3. The van der Waals surface area contributed by atoms with E-state index in [9.17, 15) is 4.79 Å². The van der Waals surface area contributed by atoms with Gasteiger partial charge in [-0.15, -0.1) is 24.0 Å². The van der Waals surface area contributed by atoms with Gasteiger partial charge in [-0.3, -0.25) is 9.79 Å². The van der Waals surface area contributed by atoms with Crippen molar-refractivity contribution in [3.63, 3.8) is 0 Å². The molecule has 1 atom stereocenters. The summed E-state index contributed by atoms with van der Waals surface area (Å²) in [6.07, 6.45) is 0.869. The molecule has 1 amide bonds. The summed E-state index contributed by atoms with van der Waals surface area (Å²) in [4.78, 5) is 18.3. The minimum absolute atomic E-state index is 0. The molecule has 0 heterocycles. The van der Waals surface area contributed by atoms with Crippen molar-refractivity contribution in [2.45, 2.75) is 40.2 Å². The zero-order valence-corrected chi connectivity index (χ0v) is 20.7. The fraction of sp³-hybridized carbons (Fsp3) is 0.619. The molecule has 6 nitrogen and oxygen atoms in total. The maximum Gasteiger partial charge on any atom is 0.253 e. The predicted molar refractivity (Wildman–Crippen MR) is 128 cm³/mol. The summed E-state index contributed by atoms with van der Waals surface area (Å²) in [6.45, 7) is 10.6. The van der Waals surface area contributed by atoms with Crippen LogP contribution >= 0.6 is 24.0 Å². The number of methoxy groups -OCH3 is 1. The summed E-state index contributed by atoms with van der Waals surface area (Å²) in [7, 11) is 5.26. The van der Waals surface area contributed by atoms with Crippen LogP contribution in [0.4, 0.5) is 0 Å². The zero-order valence-electron chi connectivity index (χ0n) is 18.3. The lowest BCUT2D eigenvalue weighted by molar-refractivity contribution is 0.0241. The monoisotopic (exact) mass is 504 g/mol. The lowest BCUT2D eigenvalue weighted by Gasteiger charge is -2.28. The highest BCUT2D eigenvalue weighted by Gasteiger charge is 2.24. The van der Waals surface area contributed by atoms with E-state index in [-0.39, 0.29) is 41.4 Å². The van der Waals surface area contributed by atoms with E-state index in [4.69, 9.17) is 4.74 Å². The SMILES string of the molecule is CCNC(=NCC(OC)C(C)(C)C)NCCc1cccc(C(=O)N(C)C)c1.I. The Labute approximate surface area is 187 Å². The van der Waals surface area contributed by atoms with Gasteiger partial charge in [0, 0.05) is 39.9 Å². The number of guanidine groups is 1. The Bertz CT molecular complexity index is 627. The van der Waals surface area contributed by atoms with E-state index in [0.29, 0.717) is 12.1 Å². The smallest absolute Gasteiger partial charge is 0.253 e. The van der Waals surface area contributed by atoms with E-state index in [1.54, 1.807) is 26.1 Å². The van der Waals surface area contributed by atoms with E-state index in [0.717, 1.165) is 31.0 Å². The summed E-state index contributed by atoms with van der Waals surface area (Å²) in [5, 5.41) is 6.63. The van der Waals surface area contributed by atoms with Crippen LogP contribution in [0.1, 0.15) is 43.6 Å². The Morgan fingerprint density at radius 3 is 2.46 bits per heavy atom. The van der Waals surface area contributed by atoms with Crippen molar-refractivity contribution in [2.24, 2.45) is 10.4 Å². The van der Waals surface area contributed by atoms with Crippen molar-refractivity contribution in [2.75, 3.05) is 40.8 Å². The van der Waals surface area contributed by atoms with Crippen molar-refractivity contribution < 1.29 is 9.53 Å². The first kappa shape index (κ1) is 26.6. The van der Waals surface area contributed by atoms with Gasteiger partial charge in [0.05, 0.1) is 12.6 Å². The lowest BCUT2D eigenvalue weighted by Crippen LogP contribution is -2.40. The molecule has 0 fully saturated rings. The molecule has 1 aromatic carbocycles. The molecule has 0 spiro atoms. The van der Waals surface area contributed by atoms with Crippen molar-refractivity contribution in [3.8, 4) is 0 Å². The molecule has 0 aliphatic rings. The second kappa shape index (κ2) is 13.0. The van der Waals surface area contributed by atoms with Gasteiger partial charge in [0.25, 0.3) is 5.91 Å². The molecule has 1 aromatic rings. The summed E-state index contributed by atoms with van der Waals surface area (Å²) < 4.78 is 5.57. The fourth-order valence-corrected chi connectivity index (χ4v) is 2.66. The molecule has 2 N–H and O–H groups in total. The number of amides is 1. The minimum atomic E-state index is 0. The molecular formula is C21H37IN4O2. The second-order valence-corrected chi connectivity index (χ2v) is 7.89. The molecule has 28 heavy (non-hydrogen) atoms. The van der Waals surface area contributed by atoms with Gasteiger partial charge in [-0.25, -0.2) is 0 Å². The molecule has 0 aliphatic heterocycles. The van der Waals surface area contributed by atoms with E-state index < -0.39 is 0 Å². The molecule has 1 rings (SSSR count). The number of aliphatic imine (C=N–C) groups is 1. The van der Waals surface area contributed by atoms with Gasteiger partial charge in [0.1, 0.15) is 0 Å². The second-order valence-electron chi connectivity index (χ2n) is 7.89. The molecule has 0 aliphatic carbocycles. The fourth-order valence-electron chi connectivity index (χ4n) is 2.66. The number of carbonyl (C=O) groups is 1. The van der Waals surface area contributed by atoms with Gasteiger partial charge in [0.15, 0.2) is 5.96 Å². The number of rotatable bonds is 8. The summed E-state index contributed by atoms with van der Waals surface area (Å²) in [5.74, 6) is 0.803. The number of nitrogens with zero attached hydrogens (tertiary/aromatic N) is 2. The van der Waals surface area contributed by atoms with Crippen LogP contribution in [-0.2, 0) is 11.2 Å². The number of hydrogen-bond donors (Lipinski definition) is 2. The minimum Gasteiger partial charge on any atom is -0.379 e. The first-order chi connectivity index (χ1) is 12.7. The number of carbonyl (C=O) groups excluding carboxylic acids is 1. The average molecular weight is 504 g/mol. The van der Waals surface area contributed by atoms with Crippen LogP contribution in [0.5, 0.6) is 0 Å². The van der Waals surface area contributed by atoms with E-state index in [2.05, 4.69) is 36.4 Å². The Morgan fingerprint density at radius 1 is 1.25 bits per heavy atom. The van der Waals surface area contributed by atoms with E-state index in [1.807, 2.05) is 31.2 Å². The number of nitrogens with one attached hydrogen (secondary N) is 2. The molecule has 0 radical (unpaired) electrons. The summed E-state index contributed by atoms with van der Waals surface area (Å²) in [5.41, 5.74) is 1.87. The Morgan fingerprint density at radius 2 is 1.93 bits per heavy atom. The average Bonchev–Trinajstić information content (AvgIpc) is 2.60. The van der Waals surface area contributed by atoms with Crippen molar-refractivity contribution in [1.29, 1.82) is 0 Å². The molecule has 1 unspecified atom stereocenters. The van der Waals surface area contributed by atoms with Gasteiger partial charge < -0.3 is 20.3 Å². The largest absolute Gasteiger partial charge is 0.379 e. The van der Waals surface area contributed by atoms with Gasteiger partial charge in [-0.2, -0.15) is 0 Å². The van der Waals surface area contributed by atoms with E-state index >= 15 is 0 Å². The van der Waals surface area contributed by atoms with Gasteiger partial charge in [-0.05, 0) is 36.5 Å². The molecule has 0 bridgehead atoms. The topological polar surface area (TPSA) is 66.0 Å². The third-order valence-corrected chi connectivity index (χ3v) is 4.30. The highest BCUT2D eigenvalue weighted by Crippen LogP contribution is 2.21. The number of halogens is 1. The van der Waals surface area contributed by atoms with Crippen molar-refractivity contribution in [1.82, 2.24) is 15.5 Å². The molecule has 0 aromatic heterocycles. The van der Waals surface area contributed by atoms with Crippen LogP contribution in [0.25, 0.3) is 0 Å². The van der Waals surface area contributed by atoms with E-state index in [1.165, 1.54) is 0 Å². The van der Waals surface area contributed by atoms with Crippen LogP contribution in [-0.4, -0.2) is 63.7 Å². The Hall–Kier alpha value is -1.35. The van der Waals surface area contributed by atoms with Crippen LogP contribution in [0.3, 0.4) is 0 Å². The number of benzene rings is 1. The van der Waals surface area contributed by atoms with Crippen LogP contribution in [0.2, 0.25) is 0 Å². The number of ether oxygens (including phenoxy) is 1. The maximum atomic E-state index is 12.1. The van der Waals surface area contributed by atoms with Crippen molar-refractivity contribution in [3.05, 3.63) is 35.4 Å². The lowest BCUT2D eigenvalue weighted by atomic mass is 9.89. The molecule has 0 saturated heterocycles. The van der Waals surface area contributed by atoms with Crippen molar-refractivity contribution >= 4 is 35.8 Å². The van der Waals surface area contributed by atoms with Crippen LogP contribution < -0.4 is 10.6 Å². The maximum absolute atomic E-state index is 12.1. The Kier molecular flexibility index (Phi) is 12.4. The predicted octanol–water partition coefficient (Wildman–Crippen LogP) is 3.17.